The fraction of sp³-hybridized carbons (Fsp3) is 0.241. The first-order valence-corrected chi connectivity index (χ1v) is 13.3. The zero-order valence-electron chi connectivity index (χ0n) is 21.0. The van der Waals surface area contributed by atoms with Gasteiger partial charge in [-0.1, -0.05) is 23.8 Å². The van der Waals surface area contributed by atoms with Crippen LogP contribution >= 0.6 is 15.9 Å². The number of aromatic hydroxyl groups is 1. The van der Waals surface area contributed by atoms with Crippen molar-refractivity contribution in [3.05, 3.63) is 91.5 Å². The van der Waals surface area contributed by atoms with E-state index in [2.05, 4.69) is 15.9 Å². The minimum atomic E-state index is -0.831. The monoisotopic (exact) mass is 604 g/mol. The Labute approximate surface area is 235 Å². The summed E-state index contributed by atoms with van der Waals surface area (Å²) in [6.07, 6.45) is 3.39. The summed E-state index contributed by atoms with van der Waals surface area (Å²) in [4.78, 5) is 65.8. The third kappa shape index (κ3) is 3.75. The summed E-state index contributed by atoms with van der Waals surface area (Å²) < 4.78 is 5.28. The lowest BCUT2D eigenvalue weighted by Gasteiger charge is -2.42. The summed E-state index contributed by atoms with van der Waals surface area (Å²) in [7, 11) is 1.41. The van der Waals surface area contributed by atoms with Crippen molar-refractivity contribution < 1.29 is 33.9 Å². The van der Waals surface area contributed by atoms with Crippen molar-refractivity contribution in [2.24, 2.45) is 17.8 Å². The number of carbonyl (C=O) groups is 4. The maximum Gasteiger partial charge on any atom is 0.271 e. The largest absolute Gasteiger partial charge is 0.504 e. The molecule has 202 valence electrons. The lowest BCUT2D eigenvalue weighted by Crippen LogP contribution is -2.39. The van der Waals surface area contributed by atoms with E-state index in [4.69, 9.17) is 4.74 Å². The number of ether oxygens (including phenoxy) is 1. The highest BCUT2D eigenvalue weighted by molar-refractivity contribution is 9.12. The quantitative estimate of drug-likeness (QED) is 0.179. The number of fused-ring (bicyclic) bond motifs is 3. The number of amides is 2. The van der Waals surface area contributed by atoms with Crippen molar-refractivity contribution in [1.82, 2.24) is 0 Å². The highest BCUT2D eigenvalue weighted by atomic mass is 79.9. The number of allylic oxidation sites excluding steroid dienone is 6. The van der Waals surface area contributed by atoms with Crippen LogP contribution in [-0.2, 0) is 19.2 Å². The third-order valence-corrected chi connectivity index (χ3v) is 8.76. The van der Waals surface area contributed by atoms with Gasteiger partial charge in [0.1, 0.15) is 0 Å². The summed E-state index contributed by atoms with van der Waals surface area (Å²) in [6.45, 7) is 0. The number of anilines is 1. The number of Topliss-reactive ketones (excluding diaryl/α,β-unsaturated/α-hetero) is 1. The Hall–Kier alpha value is -4.38. The lowest BCUT2D eigenvalue weighted by molar-refractivity contribution is -0.384. The van der Waals surface area contributed by atoms with Crippen molar-refractivity contribution in [3.8, 4) is 11.5 Å². The van der Waals surface area contributed by atoms with Crippen molar-refractivity contribution in [1.29, 1.82) is 0 Å². The van der Waals surface area contributed by atoms with Crippen LogP contribution in [0.3, 0.4) is 0 Å². The molecule has 6 rings (SSSR count). The van der Waals surface area contributed by atoms with E-state index < -0.39 is 40.4 Å². The molecular formula is C29H21BrN2O8. The van der Waals surface area contributed by atoms with Gasteiger partial charge in [0.05, 0.1) is 34.0 Å². The van der Waals surface area contributed by atoms with Crippen molar-refractivity contribution in [2.75, 3.05) is 12.0 Å². The number of rotatable bonds is 4. The predicted octanol–water partition coefficient (Wildman–Crippen LogP) is 4.28. The Bertz CT molecular complexity index is 1650. The van der Waals surface area contributed by atoms with Gasteiger partial charge in [-0.3, -0.25) is 29.3 Å². The summed E-state index contributed by atoms with van der Waals surface area (Å²) in [5.74, 6) is -4.46. The molecule has 1 N–H and O–H groups in total. The number of carbonyl (C=O) groups excluding carboxylic acids is 4. The van der Waals surface area contributed by atoms with Crippen LogP contribution in [-0.4, -0.2) is 40.5 Å². The number of phenolic OH excluding ortho intramolecular Hbond substituents is 1. The molecular weight excluding hydrogens is 584 g/mol. The second-order valence-electron chi connectivity index (χ2n) is 10.1. The van der Waals surface area contributed by atoms with Crippen molar-refractivity contribution in [2.45, 2.75) is 18.8 Å². The molecule has 1 fully saturated rings. The first-order valence-electron chi connectivity index (χ1n) is 12.5. The summed E-state index contributed by atoms with van der Waals surface area (Å²) in [5, 5.41) is 21.9. The number of hydrogen-bond donors (Lipinski definition) is 1. The van der Waals surface area contributed by atoms with Crippen LogP contribution in [0.25, 0.3) is 0 Å². The fourth-order valence-electron chi connectivity index (χ4n) is 6.47. The minimum Gasteiger partial charge on any atom is -0.504 e. The fourth-order valence-corrected chi connectivity index (χ4v) is 6.92. The van der Waals surface area contributed by atoms with Crippen LogP contribution in [0.4, 0.5) is 11.4 Å². The number of phenols is 1. The van der Waals surface area contributed by atoms with E-state index in [9.17, 15) is 34.4 Å². The van der Waals surface area contributed by atoms with E-state index >= 15 is 0 Å². The maximum atomic E-state index is 13.9. The number of benzene rings is 2. The van der Waals surface area contributed by atoms with Gasteiger partial charge >= 0.3 is 0 Å². The molecule has 0 unspecified atom stereocenters. The van der Waals surface area contributed by atoms with Gasteiger partial charge in [0, 0.05) is 35.3 Å². The Morgan fingerprint density at radius 1 is 1.07 bits per heavy atom. The third-order valence-electron chi connectivity index (χ3n) is 8.17. The summed E-state index contributed by atoms with van der Waals surface area (Å²) >= 11 is 3.19. The van der Waals surface area contributed by atoms with Crippen LogP contribution in [0.5, 0.6) is 11.5 Å². The first-order chi connectivity index (χ1) is 19.1. The van der Waals surface area contributed by atoms with E-state index in [1.807, 2.05) is 6.08 Å². The van der Waals surface area contributed by atoms with Gasteiger partial charge in [-0.25, -0.2) is 4.90 Å². The Balaban J connectivity index is 1.47. The maximum absolute atomic E-state index is 13.9. The van der Waals surface area contributed by atoms with Crippen LogP contribution in [0.1, 0.15) is 24.3 Å². The molecule has 2 aromatic rings. The number of non-ortho nitro benzene ring substituents is 1. The number of ketones is 2. The van der Waals surface area contributed by atoms with Crippen LogP contribution in [0.2, 0.25) is 0 Å². The van der Waals surface area contributed by atoms with Gasteiger partial charge in [0.25, 0.3) is 5.69 Å². The summed E-state index contributed by atoms with van der Waals surface area (Å²) in [5.41, 5.74) is 1.67. The molecule has 4 aliphatic rings. The van der Waals surface area contributed by atoms with Gasteiger partial charge in [-0.15, -0.1) is 0 Å². The first kappa shape index (κ1) is 25.9. The minimum absolute atomic E-state index is 0.0796. The second-order valence-corrected chi connectivity index (χ2v) is 11.0. The number of nitrogens with zero attached hydrogens (tertiary/aromatic N) is 2. The molecule has 4 atom stereocenters. The van der Waals surface area contributed by atoms with E-state index in [0.717, 1.165) is 10.5 Å². The molecule has 3 aliphatic carbocycles. The van der Waals surface area contributed by atoms with Crippen LogP contribution < -0.4 is 9.64 Å². The molecule has 1 aliphatic heterocycles. The smallest absolute Gasteiger partial charge is 0.271 e. The number of methoxy groups -OCH3 is 1. The highest BCUT2D eigenvalue weighted by Crippen LogP contribution is 2.56. The average molecular weight is 605 g/mol. The molecule has 2 amide bonds. The predicted molar refractivity (Wildman–Crippen MR) is 145 cm³/mol. The highest BCUT2D eigenvalue weighted by Gasteiger charge is 2.56. The summed E-state index contributed by atoms with van der Waals surface area (Å²) in [6, 6.07) is 10.1. The molecule has 10 nitrogen and oxygen atoms in total. The number of halogens is 1. The van der Waals surface area contributed by atoms with Crippen LogP contribution in [0.15, 0.2) is 75.8 Å². The topological polar surface area (TPSA) is 144 Å². The SMILES string of the molecule is COc1ccc([C@H]2C3=CC[C@@H]4C(=O)N(c5cccc([N+](=O)[O-])c5)C(=O)[C@@H]4[C@@H]3CC3=C2C(=O)C=C(Br)C3=O)cc1O. The molecule has 2 aromatic carbocycles. The average Bonchev–Trinajstić information content (AvgIpc) is 3.20. The second kappa shape index (κ2) is 9.37. The van der Waals surface area contributed by atoms with Gasteiger partial charge in [-0.05, 0) is 58.5 Å². The number of hydrogen-bond acceptors (Lipinski definition) is 8. The molecule has 0 radical (unpaired) electrons. The van der Waals surface area contributed by atoms with E-state index in [1.165, 1.54) is 43.5 Å². The lowest BCUT2D eigenvalue weighted by atomic mass is 9.59. The van der Waals surface area contributed by atoms with E-state index in [0.29, 0.717) is 5.56 Å². The van der Waals surface area contributed by atoms with E-state index in [1.54, 1.807) is 12.1 Å². The molecule has 1 saturated heterocycles. The van der Waals surface area contributed by atoms with Gasteiger partial charge in [0.2, 0.25) is 11.8 Å². The van der Waals surface area contributed by atoms with Gasteiger partial charge < -0.3 is 9.84 Å². The zero-order valence-corrected chi connectivity index (χ0v) is 22.6. The van der Waals surface area contributed by atoms with Crippen molar-refractivity contribution >= 4 is 50.7 Å². The molecule has 0 spiro atoms. The number of nitro benzene ring substituents is 1. The molecule has 0 bridgehead atoms. The Morgan fingerprint density at radius 3 is 2.55 bits per heavy atom. The Kier molecular flexibility index (Phi) is 6.06. The Morgan fingerprint density at radius 2 is 1.85 bits per heavy atom. The molecule has 0 saturated carbocycles. The van der Waals surface area contributed by atoms with Crippen LogP contribution in [0, 0.1) is 27.9 Å². The normalized spacial score (nSPS) is 25.7. The van der Waals surface area contributed by atoms with Crippen molar-refractivity contribution in [3.63, 3.8) is 0 Å². The number of imide groups is 1. The molecule has 1 heterocycles. The standard InChI is InChI=1S/C29H21BrN2O8/c1-40-23-8-5-13(9-21(23)33)24-16-6-7-17-25(18(16)11-19-26(24)22(34)12-20(30)27(19)35)29(37)31(28(17)36)14-3-2-4-15(10-14)32(38)39/h2-6,8-10,12,17-18,24-25,33H,7,11H2,1H3/t17-,18+,24-,25-/m0/s1. The molecule has 11 heteroatoms. The van der Waals surface area contributed by atoms with Gasteiger partial charge in [-0.2, -0.15) is 0 Å². The molecule has 40 heavy (non-hydrogen) atoms. The number of nitro groups is 1. The van der Waals surface area contributed by atoms with E-state index in [-0.39, 0.29) is 62.9 Å². The zero-order chi connectivity index (χ0) is 28.5. The van der Waals surface area contributed by atoms with Gasteiger partial charge in [0.15, 0.2) is 23.1 Å². The molecule has 0 aromatic heterocycles.